The van der Waals surface area contributed by atoms with Gasteiger partial charge in [0.25, 0.3) is 0 Å². The number of hydrogen-bond acceptors (Lipinski definition) is 1. The van der Waals surface area contributed by atoms with Crippen LogP contribution in [0.5, 0.6) is 5.75 Å². The molecule has 2 aromatic rings. The first-order chi connectivity index (χ1) is 9.99. The van der Waals surface area contributed by atoms with Crippen LogP contribution in [-0.4, -0.2) is 5.11 Å². The molecule has 0 bridgehead atoms. The molecule has 0 saturated carbocycles. The van der Waals surface area contributed by atoms with Gasteiger partial charge in [-0.1, -0.05) is 64.1 Å². The van der Waals surface area contributed by atoms with E-state index in [1.165, 1.54) is 22.6 Å². The fourth-order valence-corrected chi connectivity index (χ4v) is 2.74. The van der Waals surface area contributed by atoms with E-state index in [2.05, 4.69) is 52.0 Å². The van der Waals surface area contributed by atoms with Crippen LogP contribution in [-0.2, 0) is 6.42 Å². The quantitative estimate of drug-likeness (QED) is 0.784. The van der Waals surface area contributed by atoms with Gasteiger partial charge in [-0.15, -0.1) is 0 Å². The monoisotopic (exact) mass is 281 g/mol. The average molecular weight is 281 g/mol. The minimum absolute atomic E-state index is 0.326. The molecule has 1 heteroatoms. The lowest BCUT2D eigenvalue weighted by atomic mass is 9.79. The van der Waals surface area contributed by atoms with Crippen LogP contribution in [0.2, 0.25) is 0 Å². The molecule has 0 saturated heterocycles. The van der Waals surface area contributed by atoms with Gasteiger partial charge in [0.2, 0.25) is 0 Å². The summed E-state index contributed by atoms with van der Waals surface area (Å²) in [4.78, 5) is 0. The normalized spacial score (nSPS) is 11.6. The van der Waals surface area contributed by atoms with E-state index in [1.54, 1.807) is 12.1 Å². The lowest BCUT2D eigenvalue weighted by Gasteiger charge is -2.25. The maximum Gasteiger partial charge on any atom is 0.115 e. The molecule has 111 valence electrons. The highest BCUT2D eigenvalue weighted by molar-refractivity contribution is 5.43. The van der Waals surface area contributed by atoms with Crippen LogP contribution in [0, 0.1) is 11.8 Å². The molecule has 0 unspecified atom stereocenters. The number of benzene rings is 2. The Hall–Kier alpha value is -1.76. The van der Waals surface area contributed by atoms with Crippen LogP contribution in [0.3, 0.4) is 0 Å². The SMILES string of the molecule is CC(C)[C](Cc1ccc(O)cc1)c1ccccc1C(C)C. The summed E-state index contributed by atoms with van der Waals surface area (Å²) < 4.78 is 0. The molecule has 0 heterocycles. The highest BCUT2D eigenvalue weighted by Crippen LogP contribution is 2.33. The first-order valence-electron chi connectivity index (χ1n) is 7.72. The predicted molar refractivity (Wildman–Crippen MR) is 89.5 cm³/mol. The Morgan fingerprint density at radius 3 is 2.10 bits per heavy atom. The fraction of sp³-hybridized carbons (Fsp3) is 0.350. The fourth-order valence-electron chi connectivity index (χ4n) is 2.74. The second-order valence-electron chi connectivity index (χ2n) is 6.27. The summed E-state index contributed by atoms with van der Waals surface area (Å²) in [6, 6.07) is 16.3. The predicted octanol–water partition coefficient (Wildman–Crippen LogP) is 5.34. The molecule has 0 aliphatic rings. The third kappa shape index (κ3) is 3.87. The number of phenolic OH excluding ortho intramolecular Hbond substituents is 1. The van der Waals surface area contributed by atoms with E-state index in [9.17, 15) is 5.11 Å². The largest absolute Gasteiger partial charge is 0.508 e. The van der Waals surface area contributed by atoms with Crippen molar-refractivity contribution in [2.45, 2.75) is 40.0 Å². The Kier molecular flexibility index (Phi) is 5.06. The lowest BCUT2D eigenvalue weighted by Crippen LogP contribution is -2.14. The lowest BCUT2D eigenvalue weighted by molar-refractivity contribution is 0.475. The number of phenols is 1. The summed E-state index contributed by atoms with van der Waals surface area (Å²) in [6.45, 7) is 9.01. The van der Waals surface area contributed by atoms with Crippen molar-refractivity contribution in [3.8, 4) is 5.75 Å². The zero-order valence-electron chi connectivity index (χ0n) is 13.4. The molecular weight excluding hydrogens is 256 g/mol. The smallest absolute Gasteiger partial charge is 0.115 e. The van der Waals surface area contributed by atoms with Crippen molar-refractivity contribution in [1.82, 2.24) is 0 Å². The molecule has 0 aliphatic carbocycles. The summed E-state index contributed by atoms with van der Waals surface area (Å²) in [7, 11) is 0. The second kappa shape index (κ2) is 6.80. The van der Waals surface area contributed by atoms with E-state index in [0.29, 0.717) is 17.6 Å². The van der Waals surface area contributed by atoms with Crippen molar-refractivity contribution >= 4 is 0 Å². The maximum atomic E-state index is 9.43. The van der Waals surface area contributed by atoms with Crippen LogP contribution in [0.1, 0.15) is 50.3 Å². The standard InChI is InChI=1S/C20H25O/c1-14(2)18-7-5-6-8-19(18)20(15(3)4)13-16-9-11-17(21)12-10-16/h5-12,14-15,21H,13H2,1-4H3. The van der Waals surface area contributed by atoms with E-state index < -0.39 is 0 Å². The van der Waals surface area contributed by atoms with E-state index >= 15 is 0 Å². The Morgan fingerprint density at radius 1 is 0.905 bits per heavy atom. The third-order valence-corrected chi connectivity index (χ3v) is 3.96. The number of rotatable bonds is 5. The molecule has 2 aromatic carbocycles. The summed E-state index contributed by atoms with van der Waals surface area (Å²) in [5, 5.41) is 9.43. The van der Waals surface area contributed by atoms with Gasteiger partial charge in [-0.3, -0.25) is 0 Å². The van der Waals surface area contributed by atoms with Crippen molar-refractivity contribution in [2.75, 3.05) is 0 Å². The van der Waals surface area contributed by atoms with Crippen molar-refractivity contribution in [3.63, 3.8) is 0 Å². The Balaban J connectivity index is 2.33. The van der Waals surface area contributed by atoms with Crippen molar-refractivity contribution < 1.29 is 5.11 Å². The Bertz CT molecular complexity index is 567. The summed E-state index contributed by atoms with van der Waals surface area (Å²) in [6.07, 6.45) is 0.932. The van der Waals surface area contributed by atoms with Crippen LogP contribution < -0.4 is 0 Å². The van der Waals surface area contributed by atoms with Crippen LogP contribution >= 0.6 is 0 Å². The first-order valence-corrected chi connectivity index (χ1v) is 7.72. The van der Waals surface area contributed by atoms with Gasteiger partial charge < -0.3 is 5.11 Å². The minimum atomic E-state index is 0.326. The molecule has 0 amide bonds. The van der Waals surface area contributed by atoms with Crippen molar-refractivity contribution in [2.24, 2.45) is 5.92 Å². The molecule has 1 N–H and O–H groups in total. The summed E-state index contributed by atoms with van der Waals surface area (Å²) in [5.74, 6) is 2.81. The average Bonchev–Trinajstić information content (AvgIpc) is 2.46. The number of aromatic hydroxyl groups is 1. The van der Waals surface area contributed by atoms with Gasteiger partial charge in [0.1, 0.15) is 5.75 Å². The van der Waals surface area contributed by atoms with Gasteiger partial charge in [-0.05, 0) is 47.1 Å². The molecule has 0 fully saturated rings. The van der Waals surface area contributed by atoms with Gasteiger partial charge in [-0.25, -0.2) is 0 Å². The minimum Gasteiger partial charge on any atom is -0.508 e. The molecular formula is C20H25O. The van der Waals surface area contributed by atoms with E-state index in [0.717, 1.165) is 6.42 Å². The summed E-state index contributed by atoms with van der Waals surface area (Å²) >= 11 is 0. The molecule has 1 radical (unpaired) electrons. The van der Waals surface area contributed by atoms with Gasteiger partial charge in [0.05, 0.1) is 0 Å². The first kappa shape index (κ1) is 15.6. The molecule has 0 spiro atoms. The van der Waals surface area contributed by atoms with Crippen LogP contribution in [0.4, 0.5) is 0 Å². The zero-order chi connectivity index (χ0) is 15.4. The molecule has 1 nitrogen and oxygen atoms in total. The van der Waals surface area contributed by atoms with Crippen LogP contribution in [0.25, 0.3) is 0 Å². The molecule has 2 rings (SSSR count). The molecule has 0 aromatic heterocycles. The highest BCUT2D eigenvalue weighted by atomic mass is 16.3. The van der Waals surface area contributed by atoms with Gasteiger partial charge in [-0.2, -0.15) is 0 Å². The second-order valence-corrected chi connectivity index (χ2v) is 6.27. The molecule has 0 atom stereocenters. The Morgan fingerprint density at radius 2 is 1.52 bits per heavy atom. The zero-order valence-corrected chi connectivity index (χ0v) is 13.4. The van der Waals surface area contributed by atoms with Crippen molar-refractivity contribution in [1.29, 1.82) is 0 Å². The Labute approximate surface area is 128 Å². The van der Waals surface area contributed by atoms with Gasteiger partial charge in [0.15, 0.2) is 0 Å². The maximum absolute atomic E-state index is 9.43. The number of hydrogen-bond donors (Lipinski definition) is 1. The van der Waals surface area contributed by atoms with E-state index in [1.807, 2.05) is 12.1 Å². The molecule has 0 aliphatic heterocycles. The van der Waals surface area contributed by atoms with Crippen molar-refractivity contribution in [3.05, 3.63) is 71.1 Å². The third-order valence-electron chi connectivity index (χ3n) is 3.96. The van der Waals surface area contributed by atoms with Crippen LogP contribution in [0.15, 0.2) is 48.5 Å². The van der Waals surface area contributed by atoms with Gasteiger partial charge >= 0.3 is 0 Å². The van der Waals surface area contributed by atoms with Gasteiger partial charge in [0, 0.05) is 5.92 Å². The van der Waals surface area contributed by atoms with E-state index in [4.69, 9.17) is 0 Å². The highest BCUT2D eigenvalue weighted by Gasteiger charge is 2.21. The molecule has 21 heavy (non-hydrogen) atoms. The topological polar surface area (TPSA) is 20.2 Å². The summed E-state index contributed by atoms with van der Waals surface area (Å²) in [5.41, 5.74) is 4.05. The van der Waals surface area contributed by atoms with E-state index in [-0.39, 0.29) is 0 Å².